The normalized spacial score (nSPS) is 28.4. The van der Waals surface area contributed by atoms with Gasteiger partial charge in [-0.3, -0.25) is 0 Å². The Morgan fingerprint density at radius 3 is 2.38 bits per heavy atom. The molecule has 2 aliphatic rings. The first-order chi connectivity index (χ1) is 15.5. The Morgan fingerprint density at radius 2 is 1.69 bits per heavy atom. The zero-order valence-electron chi connectivity index (χ0n) is 19.2. The summed E-state index contributed by atoms with van der Waals surface area (Å²) in [5, 5.41) is 19.6. The van der Waals surface area contributed by atoms with Crippen LogP contribution in [0.4, 0.5) is 0 Å². The van der Waals surface area contributed by atoms with Crippen molar-refractivity contribution in [1.29, 1.82) is 0 Å². The third-order valence-corrected chi connectivity index (χ3v) is 6.90. The van der Waals surface area contributed by atoms with Gasteiger partial charge in [-0.1, -0.05) is 30.3 Å². The SMILES string of the molecule is COC1CCC(Oc2ccc(Cc3cc([C@H]4CC(O)C[C@@H](CO)O4)ccc3C)cc2)CC1. The van der Waals surface area contributed by atoms with Crippen molar-refractivity contribution in [2.45, 2.75) is 82.4 Å². The van der Waals surface area contributed by atoms with Crippen LogP contribution in [0.3, 0.4) is 0 Å². The van der Waals surface area contributed by atoms with Crippen molar-refractivity contribution in [3.8, 4) is 5.75 Å². The predicted octanol–water partition coefficient (Wildman–Crippen LogP) is 4.50. The van der Waals surface area contributed by atoms with Crippen LogP contribution in [-0.4, -0.2) is 48.3 Å². The molecule has 32 heavy (non-hydrogen) atoms. The van der Waals surface area contributed by atoms with E-state index in [2.05, 4.69) is 49.4 Å². The molecule has 2 fully saturated rings. The second-order valence-corrected chi connectivity index (χ2v) is 9.31. The average molecular weight is 441 g/mol. The Labute approximate surface area is 191 Å². The number of ether oxygens (including phenoxy) is 3. The highest BCUT2D eigenvalue weighted by atomic mass is 16.5. The van der Waals surface area contributed by atoms with E-state index in [1.165, 1.54) is 16.7 Å². The van der Waals surface area contributed by atoms with Gasteiger partial charge in [0.1, 0.15) is 5.75 Å². The van der Waals surface area contributed by atoms with E-state index in [-0.39, 0.29) is 24.9 Å². The topological polar surface area (TPSA) is 68.2 Å². The highest BCUT2D eigenvalue weighted by molar-refractivity contribution is 5.38. The van der Waals surface area contributed by atoms with E-state index in [9.17, 15) is 10.2 Å². The van der Waals surface area contributed by atoms with Crippen LogP contribution in [0.15, 0.2) is 42.5 Å². The van der Waals surface area contributed by atoms with Gasteiger partial charge in [0.2, 0.25) is 0 Å². The minimum Gasteiger partial charge on any atom is -0.490 e. The monoisotopic (exact) mass is 440 g/mol. The van der Waals surface area contributed by atoms with Crippen molar-refractivity contribution < 1.29 is 24.4 Å². The third-order valence-electron chi connectivity index (χ3n) is 6.90. The maximum atomic E-state index is 10.2. The molecule has 1 heterocycles. The van der Waals surface area contributed by atoms with E-state index < -0.39 is 6.10 Å². The van der Waals surface area contributed by atoms with E-state index >= 15 is 0 Å². The largest absolute Gasteiger partial charge is 0.490 e. The van der Waals surface area contributed by atoms with E-state index in [0.29, 0.717) is 18.9 Å². The fourth-order valence-corrected chi connectivity index (χ4v) is 4.89. The summed E-state index contributed by atoms with van der Waals surface area (Å²) in [5.41, 5.74) is 4.78. The fraction of sp³-hybridized carbons (Fsp3) is 0.556. The average Bonchev–Trinajstić information content (AvgIpc) is 2.81. The van der Waals surface area contributed by atoms with Gasteiger partial charge in [-0.2, -0.15) is 0 Å². The minimum atomic E-state index is -0.437. The quantitative estimate of drug-likeness (QED) is 0.664. The Morgan fingerprint density at radius 1 is 0.969 bits per heavy atom. The lowest BCUT2D eigenvalue weighted by Gasteiger charge is -2.32. The minimum absolute atomic E-state index is 0.0610. The molecule has 174 valence electrons. The van der Waals surface area contributed by atoms with Crippen LogP contribution in [-0.2, 0) is 15.9 Å². The molecule has 1 aliphatic carbocycles. The zero-order valence-corrected chi connectivity index (χ0v) is 19.2. The Bertz CT molecular complexity index is 857. The molecule has 1 unspecified atom stereocenters. The first-order valence-electron chi connectivity index (χ1n) is 11.9. The van der Waals surface area contributed by atoms with Gasteiger partial charge in [0.05, 0.1) is 37.1 Å². The molecule has 0 spiro atoms. The van der Waals surface area contributed by atoms with Gasteiger partial charge in [-0.25, -0.2) is 0 Å². The number of rotatable bonds is 7. The molecular weight excluding hydrogens is 404 g/mol. The van der Waals surface area contributed by atoms with Crippen molar-refractivity contribution in [3.05, 3.63) is 64.7 Å². The molecular formula is C27H36O5. The molecule has 2 aromatic carbocycles. The Balaban J connectivity index is 1.39. The summed E-state index contributed by atoms with van der Waals surface area (Å²) in [6.45, 7) is 2.06. The number of hydrogen-bond acceptors (Lipinski definition) is 5. The lowest BCUT2D eigenvalue weighted by molar-refractivity contribution is -0.113. The standard InChI is InChI=1S/C27H36O5/c1-18-3-6-20(27-16-22(29)15-26(17-28)32-27)14-21(18)13-19-4-7-24(8-5-19)31-25-11-9-23(30-2)10-12-25/h3-8,14,22-23,25-29H,9-13,15-17H2,1-2H3/t22?,23?,25?,26-,27+/m0/s1. The molecule has 1 aliphatic heterocycles. The first kappa shape index (κ1) is 23.2. The molecule has 0 amide bonds. The summed E-state index contributed by atoms with van der Waals surface area (Å²) >= 11 is 0. The van der Waals surface area contributed by atoms with Gasteiger partial charge in [0, 0.05) is 20.0 Å². The lowest BCUT2D eigenvalue weighted by Crippen LogP contribution is -2.33. The molecule has 3 atom stereocenters. The summed E-state index contributed by atoms with van der Waals surface area (Å²) in [7, 11) is 1.79. The van der Waals surface area contributed by atoms with Gasteiger partial charge in [0.15, 0.2) is 0 Å². The maximum absolute atomic E-state index is 10.2. The number of aliphatic hydroxyl groups excluding tert-OH is 2. The van der Waals surface area contributed by atoms with Gasteiger partial charge in [-0.05, 0) is 73.4 Å². The van der Waals surface area contributed by atoms with Crippen molar-refractivity contribution in [1.82, 2.24) is 0 Å². The summed E-state index contributed by atoms with van der Waals surface area (Å²) in [6.07, 6.45) is 5.85. The van der Waals surface area contributed by atoms with Gasteiger partial charge in [0.25, 0.3) is 0 Å². The maximum Gasteiger partial charge on any atom is 0.119 e. The number of aliphatic hydroxyl groups is 2. The predicted molar refractivity (Wildman–Crippen MR) is 124 cm³/mol. The molecule has 0 aromatic heterocycles. The van der Waals surface area contributed by atoms with E-state index in [0.717, 1.165) is 43.4 Å². The smallest absolute Gasteiger partial charge is 0.119 e. The zero-order chi connectivity index (χ0) is 22.5. The lowest BCUT2D eigenvalue weighted by atomic mass is 9.92. The molecule has 0 radical (unpaired) electrons. The van der Waals surface area contributed by atoms with E-state index in [1.54, 1.807) is 7.11 Å². The van der Waals surface area contributed by atoms with Crippen LogP contribution in [0, 0.1) is 6.92 Å². The number of aryl methyl sites for hydroxylation is 1. The van der Waals surface area contributed by atoms with Crippen molar-refractivity contribution in [2.75, 3.05) is 13.7 Å². The van der Waals surface area contributed by atoms with Crippen molar-refractivity contribution in [3.63, 3.8) is 0 Å². The molecule has 2 N–H and O–H groups in total. The van der Waals surface area contributed by atoms with Crippen molar-refractivity contribution >= 4 is 0 Å². The van der Waals surface area contributed by atoms with Crippen LogP contribution in [0.25, 0.3) is 0 Å². The highest BCUT2D eigenvalue weighted by Gasteiger charge is 2.29. The van der Waals surface area contributed by atoms with Crippen LogP contribution in [0.5, 0.6) is 5.75 Å². The third kappa shape index (κ3) is 5.90. The Hall–Kier alpha value is -1.92. The van der Waals surface area contributed by atoms with Crippen LogP contribution in [0.2, 0.25) is 0 Å². The second-order valence-electron chi connectivity index (χ2n) is 9.31. The molecule has 5 heteroatoms. The van der Waals surface area contributed by atoms with Crippen LogP contribution in [0.1, 0.15) is 66.9 Å². The van der Waals surface area contributed by atoms with E-state index in [1.807, 2.05) is 0 Å². The van der Waals surface area contributed by atoms with Crippen molar-refractivity contribution in [2.24, 2.45) is 0 Å². The number of hydrogen-bond donors (Lipinski definition) is 2. The summed E-state index contributed by atoms with van der Waals surface area (Å²) < 4.78 is 17.6. The van der Waals surface area contributed by atoms with Crippen LogP contribution < -0.4 is 4.74 Å². The second kappa shape index (κ2) is 10.8. The van der Waals surface area contributed by atoms with Gasteiger partial charge < -0.3 is 24.4 Å². The fourth-order valence-electron chi connectivity index (χ4n) is 4.89. The molecule has 2 aromatic rings. The van der Waals surface area contributed by atoms with E-state index in [4.69, 9.17) is 14.2 Å². The molecule has 4 rings (SSSR count). The van der Waals surface area contributed by atoms with Gasteiger partial charge in [-0.15, -0.1) is 0 Å². The molecule has 5 nitrogen and oxygen atoms in total. The summed E-state index contributed by atoms with van der Waals surface area (Å²) in [5.74, 6) is 0.930. The molecule has 1 saturated heterocycles. The first-order valence-corrected chi connectivity index (χ1v) is 11.9. The Kier molecular flexibility index (Phi) is 7.84. The van der Waals surface area contributed by atoms with Crippen LogP contribution >= 0.6 is 0 Å². The highest BCUT2D eigenvalue weighted by Crippen LogP contribution is 2.33. The number of benzene rings is 2. The molecule has 0 bridgehead atoms. The summed E-state index contributed by atoms with van der Waals surface area (Å²) in [6, 6.07) is 14.8. The molecule has 1 saturated carbocycles. The summed E-state index contributed by atoms with van der Waals surface area (Å²) in [4.78, 5) is 0. The number of methoxy groups -OCH3 is 1. The van der Waals surface area contributed by atoms with Gasteiger partial charge >= 0.3 is 0 Å².